The van der Waals surface area contributed by atoms with Crippen LogP contribution in [0.5, 0.6) is 0 Å². The van der Waals surface area contributed by atoms with Gasteiger partial charge in [-0.2, -0.15) is 10.2 Å². The molecule has 2 fully saturated rings. The lowest BCUT2D eigenvalue weighted by Gasteiger charge is -2.26. The van der Waals surface area contributed by atoms with E-state index in [0.717, 1.165) is 12.8 Å². The van der Waals surface area contributed by atoms with Crippen molar-refractivity contribution in [1.82, 2.24) is 24.5 Å². The molecule has 170 valence electrons. The van der Waals surface area contributed by atoms with Crippen LogP contribution in [0.3, 0.4) is 0 Å². The van der Waals surface area contributed by atoms with Crippen LogP contribution in [0.25, 0.3) is 11.0 Å². The molecule has 5 rings (SSSR count). The predicted octanol–water partition coefficient (Wildman–Crippen LogP) is 2.10. The van der Waals surface area contributed by atoms with Gasteiger partial charge in [0.15, 0.2) is 21.3 Å². The summed E-state index contributed by atoms with van der Waals surface area (Å²) >= 11 is 0. The lowest BCUT2D eigenvalue weighted by atomic mass is 9.92. The van der Waals surface area contributed by atoms with Gasteiger partial charge in [0.2, 0.25) is 0 Å². The molecular formula is C21H26N6O4S. The number of nitrogens with zero attached hydrogens (tertiary/aromatic N) is 5. The van der Waals surface area contributed by atoms with Crippen molar-refractivity contribution in [2.75, 3.05) is 18.5 Å². The van der Waals surface area contributed by atoms with Gasteiger partial charge in [-0.05, 0) is 44.1 Å². The second-order valence-corrected chi connectivity index (χ2v) is 10.7. The maximum Gasteiger partial charge on any atom is 0.250 e. The van der Waals surface area contributed by atoms with Gasteiger partial charge in [-0.25, -0.2) is 18.1 Å². The van der Waals surface area contributed by atoms with Crippen molar-refractivity contribution in [2.45, 2.75) is 48.3 Å². The van der Waals surface area contributed by atoms with Crippen molar-refractivity contribution in [1.29, 1.82) is 0 Å². The van der Waals surface area contributed by atoms with Crippen LogP contribution in [0.1, 0.15) is 38.1 Å². The summed E-state index contributed by atoms with van der Waals surface area (Å²) in [6, 6.07) is 2.61. The molecular weight excluding hydrogens is 432 g/mol. The highest BCUT2D eigenvalue weighted by atomic mass is 32.2. The standard InChI is InChI=1S/C21H26N6O4S/c1-26-9-5-19(25-26)24-21(28)17(12-14-6-10-31-11-7-14)27-20-16(13-23-27)18(4-8-22-20)32(29,30)15-2-3-15/h4-5,8-9,13-15,17H,2-3,6-7,10-12H2,1H3,(H,24,25,28)/t17-/m1/s1. The molecule has 1 amide bonds. The maximum atomic E-state index is 13.3. The predicted molar refractivity (Wildman–Crippen MR) is 117 cm³/mol. The van der Waals surface area contributed by atoms with Gasteiger partial charge in [0.05, 0.1) is 21.7 Å². The Morgan fingerprint density at radius 2 is 2.03 bits per heavy atom. The van der Waals surface area contributed by atoms with E-state index in [1.54, 1.807) is 28.7 Å². The Bertz CT molecular complexity index is 1240. The average Bonchev–Trinajstić information content (AvgIpc) is 3.46. The Labute approximate surface area is 185 Å². The van der Waals surface area contributed by atoms with Crippen LogP contribution >= 0.6 is 0 Å². The van der Waals surface area contributed by atoms with E-state index in [1.165, 1.54) is 18.5 Å². The number of amides is 1. The molecule has 1 atom stereocenters. The van der Waals surface area contributed by atoms with Gasteiger partial charge in [0, 0.05) is 38.7 Å². The number of ether oxygens (including phenoxy) is 1. The molecule has 0 bridgehead atoms. The Morgan fingerprint density at radius 1 is 1.25 bits per heavy atom. The van der Waals surface area contributed by atoms with Crippen LogP contribution in [0.15, 0.2) is 35.6 Å². The quantitative estimate of drug-likeness (QED) is 0.575. The summed E-state index contributed by atoms with van der Waals surface area (Å²) in [5.74, 6) is 0.495. The second-order valence-electron chi connectivity index (χ2n) is 8.55. The molecule has 0 radical (unpaired) electrons. The van der Waals surface area contributed by atoms with E-state index in [1.807, 2.05) is 0 Å². The first kappa shape index (κ1) is 21.1. The topological polar surface area (TPSA) is 121 Å². The zero-order valence-corrected chi connectivity index (χ0v) is 18.7. The highest BCUT2D eigenvalue weighted by Crippen LogP contribution is 2.37. The molecule has 11 heteroatoms. The molecule has 0 unspecified atom stereocenters. The molecule has 2 aliphatic rings. The summed E-state index contributed by atoms with van der Waals surface area (Å²) in [7, 11) is -1.64. The average molecular weight is 459 g/mol. The van der Waals surface area contributed by atoms with Gasteiger partial charge in [0.1, 0.15) is 6.04 Å². The number of aromatic nitrogens is 5. The van der Waals surface area contributed by atoms with Gasteiger partial charge in [-0.1, -0.05) is 0 Å². The summed E-state index contributed by atoms with van der Waals surface area (Å²) in [4.78, 5) is 18.0. The zero-order valence-electron chi connectivity index (χ0n) is 17.8. The number of fused-ring (bicyclic) bond motifs is 1. The summed E-state index contributed by atoms with van der Waals surface area (Å²) in [6.07, 6.45) is 8.39. The second kappa shape index (κ2) is 8.28. The lowest BCUT2D eigenvalue weighted by molar-refractivity contribution is -0.120. The largest absolute Gasteiger partial charge is 0.381 e. The maximum absolute atomic E-state index is 13.3. The normalized spacial score (nSPS) is 18.7. The summed E-state index contributed by atoms with van der Waals surface area (Å²) in [6.45, 7) is 1.34. The highest BCUT2D eigenvalue weighted by molar-refractivity contribution is 7.92. The first-order chi connectivity index (χ1) is 15.4. The monoisotopic (exact) mass is 458 g/mol. The Balaban J connectivity index is 1.52. The van der Waals surface area contributed by atoms with Gasteiger partial charge in [-0.15, -0.1) is 0 Å². The summed E-state index contributed by atoms with van der Waals surface area (Å²) in [5.41, 5.74) is 0.403. The minimum atomic E-state index is -3.42. The van der Waals surface area contributed by atoms with Crippen molar-refractivity contribution in [3.63, 3.8) is 0 Å². The number of anilines is 1. The van der Waals surface area contributed by atoms with E-state index in [9.17, 15) is 13.2 Å². The fraction of sp³-hybridized carbons (Fsp3) is 0.524. The van der Waals surface area contributed by atoms with Crippen molar-refractivity contribution in [3.05, 3.63) is 30.7 Å². The van der Waals surface area contributed by atoms with Crippen LogP contribution < -0.4 is 5.32 Å². The molecule has 32 heavy (non-hydrogen) atoms. The number of hydrogen-bond acceptors (Lipinski definition) is 7. The van der Waals surface area contributed by atoms with E-state index in [-0.39, 0.29) is 16.1 Å². The summed E-state index contributed by atoms with van der Waals surface area (Å²) < 4.78 is 34.5. The van der Waals surface area contributed by atoms with Crippen LogP contribution in [0, 0.1) is 5.92 Å². The minimum Gasteiger partial charge on any atom is -0.381 e. The number of sulfone groups is 1. The van der Waals surface area contributed by atoms with E-state index in [4.69, 9.17) is 4.74 Å². The highest BCUT2D eigenvalue weighted by Gasteiger charge is 2.38. The number of aryl methyl sites for hydroxylation is 1. The van der Waals surface area contributed by atoms with Crippen molar-refractivity contribution >= 4 is 32.6 Å². The number of rotatable bonds is 7. The van der Waals surface area contributed by atoms with Crippen molar-refractivity contribution in [2.24, 2.45) is 13.0 Å². The number of carbonyl (C=O) groups is 1. The number of pyridine rings is 1. The fourth-order valence-electron chi connectivity index (χ4n) is 4.26. The first-order valence-electron chi connectivity index (χ1n) is 10.9. The smallest absolute Gasteiger partial charge is 0.250 e. The Kier molecular flexibility index (Phi) is 5.46. The van der Waals surface area contributed by atoms with Crippen molar-refractivity contribution in [3.8, 4) is 0 Å². The lowest BCUT2D eigenvalue weighted by Crippen LogP contribution is -2.30. The minimum absolute atomic E-state index is 0.242. The van der Waals surface area contributed by atoms with E-state index < -0.39 is 15.9 Å². The first-order valence-corrected chi connectivity index (χ1v) is 12.4. The molecule has 4 heterocycles. The molecule has 1 aliphatic carbocycles. The van der Waals surface area contributed by atoms with E-state index in [2.05, 4.69) is 20.5 Å². The number of nitrogens with one attached hydrogen (secondary N) is 1. The third kappa shape index (κ3) is 4.02. The van der Waals surface area contributed by atoms with Crippen LogP contribution in [-0.2, 0) is 26.4 Å². The van der Waals surface area contributed by atoms with Gasteiger partial charge in [-0.3, -0.25) is 9.48 Å². The zero-order chi connectivity index (χ0) is 22.3. The molecule has 1 saturated heterocycles. The van der Waals surface area contributed by atoms with Crippen LogP contribution in [-0.4, -0.2) is 57.3 Å². The molecule has 3 aromatic heterocycles. The molecule has 0 aromatic carbocycles. The van der Waals surface area contributed by atoms with Crippen LogP contribution in [0.2, 0.25) is 0 Å². The Morgan fingerprint density at radius 3 is 2.72 bits per heavy atom. The van der Waals surface area contributed by atoms with E-state index >= 15 is 0 Å². The van der Waals surface area contributed by atoms with Crippen LogP contribution in [0.4, 0.5) is 5.82 Å². The number of hydrogen-bond donors (Lipinski definition) is 1. The summed E-state index contributed by atoms with van der Waals surface area (Å²) in [5, 5.41) is 11.7. The number of carbonyl (C=O) groups excluding carboxylic acids is 1. The Hall–Kier alpha value is -2.79. The third-order valence-electron chi connectivity index (χ3n) is 6.19. The third-order valence-corrected chi connectivity index (χ3v) is 8.51. The molecule has 3 aromatic rings. The fourth-order valence-corrected chi connectivity index (χ4v) is 6.08. The van der Waals surface area contributed by atoms with Gasteiger partial charge < -0.3 is 10.1 Å². The molecule has 1 aliphatic heterocycles. The van der Waals surface area contributed by atoms with E-state index in [0.29, 0.717) is 55.2 Å². The van der Waals surface area contributed by atoms with Crippen molar-refractivity contribution < 1.29 is 17.9 Å². The molecule has 10 nitrogen and oxygen atoms in total. The molecule has 1 saturated carbocycles. The molecule has 1 N–H and O–H groups in total. The molecule has 0 spiro atoms. The van der Waals surface area contributed by atoms with Gasteiger partial charge in [0.25, 0.3) is 5.91 Å². The van der Waals surface area contributed by atoms with Gasteiger partial charge >= 0.3 is 0 Å². The SMILES string of the molecule is Cn1ccc(NC(=O)[C@@H](CC2CCOCC2)n2ncc3c(S(=O)(=O)C4CC4)ccnc32)n1.